The van der Waals surface area contributed by atoms with Gasteiger partial charge in [0.2, 0.25) is 5.69 Å². The topological polar surface area (TPSA) is 102 Å². The molecular formula is C20H20FN7O2. The van der Waals surface area contributed by atoms with Crippen LogP contribution >= 0.6 is 0 Å². The highest BCUT2D eigenvalue weighted by Gasteiger charge is 2.25. The first-order chi connectivity index (χ1) is 14.4. The van der Waals surface area contributed by atoms with Crippen LogP contribution < -0.4 is 16.0 Å². The molecule has 4 rings (SSSR count). The van der Waals surface area contributed by atoms with Gasteiger partial charge < -0.3 is 20.7 Å². The van der Waals surface area contributed by atoms with Gasteiger partial charge in [0.15, 0.2) is 11.5 Å². The number of halogens is 1. The number of benzene rings is 1. The maximum atomic E-state index is 14.4. The molecule has 0 amide bonds. The van der Waals surface area contributed by atoms with Crippen LogP contribution in [0.1, 0.15) is 29.8 Å². The number of aromatic nitrogens is 3. The van der Waals surface area contributed by atoms with E-state index in [-0.39, 0.29) is 41.9 Å². The zero-order valence-corrected chi connectivity index (χ0v) is 16.5. The molecule has 0 spiro atoms. The van der Waals surface area contributed by atoms with E-state index < -0.39 is 11.8 Å². The number of carbonyl (C=O) groups is 1. The molecular weight excluding hydrogens is 389 g/mol. The van der Waals surface area contributed by atoms with Crippen LogP contribution in [0.15, 0.2) is 24.4 Å². The van der Waals surface area contributed by atoms with Crippen LogP contribution in [0, 0.1) is 12.4 Å². The van der Waals surface area contributed by atoms with Gasteiger partial charge in [-0.2, -0.15) is 0 Å². The minimum atomic E-state index is -0.621. The predicted octanol–water partition coefficient (Wildman–Crippen LogP) is 3.00. The van der Waals surface area contributed by atoms with Gasteiger partial charge in [-0.3, -0.25) is 0 Å². The summed E-state index contributed by atoms with van der Waals surface area (Å²) in [6.07, 6.45) is 1.65. The Morgan fingerprint density at radius 3 is 2.97 bits per heavy atom. The highest BCUT2D eigenvalue weighted by molar-refractivity contribution is 6.00. The second kappa shape index (κ2) is 7.51. The molecule has 0 saturated heterocycles. The molecule has 30 heavy (non-hydrogen) atoms. The van der Waals surface area contributed by atoms with Crippen LogP contribution in [0.25, 0.3) is 10.5 Å². The van der Waals surface area contributed by atoms with Gasteiger partial charge in [-0.05, 0) is 32.0 Å². The number of ether oxygens (including phenoxy) is 1. The fourth-order valence-corrected chi connectivity index (χ4v) is 3.46. The molecule has 10 heteroatoms. The number of hydrogen-bond donors (Lipinski definition) is 2. The molecule has 2 bridgehead atoms. The first-order valence-corrected chi connectivity index (χ1v) is 9.45. The quantitative estimate of drug-likeness (QED) is 0.470. The minimum Gasteiger partial charge on any atom is -0.460 e. The number of cyclic esters (lactones) is 1. The third-order valence-corrected chi connectivity index (χ3v) is 4.97. The Hall–Kier alpha value is -3.87. The lowest BCUT2D eigenvalue weighted by Gasteiger charge is -2.25. The first kappa shape index (κ1) is 19.4. The van der Waals surface area contributed by atoms with Crippen molar-refractivity contribution in [2.45, 2.75) is 26.4 Å². The second-order valence-electron chi connectivity index (χ2n) is 7.01. The number of hydrogen-bond acceptors (Lipinski definition) is 7. The number of carbonyl (C=O) groups excluding carboxylic acids is 1. The summed E-state index contributed by atoms with van der Waals surface area (Å²) in [5.74, 6) is -0.634. The van der Waals surface area contributed by atoms with Crippen LogP contribution in [-0.4, -0.2) is 39.8 Å². The van der Waals surface area contributed by atoms with Crippen LogP contribution in [0.2, 0.25) is 0 Å². The average Bonchev–Trinajstić information content (AvgIpc) is 3.06. The third-order valence-electron chi connectivity index (χ3n) is 4.97. The van der Waals surface area contributed by atoms with Crippen LogP contribution in [0.4, 0.5) is 27.4 Å². The van der Waals surface area contributed by atoms with Crippen LogP contribution in [0.3, 0.4) is 0 Å². The maximum absolute atomic E-state index is 14.4. The molecule has 0 saturated carbocycles. The lowest BCUT2D eigenvalue weighted by atomic mass is 10.1. The summed E-state index contributed by atoms with van der Waals surface area (Å²) >= 11 is 0. The SMILES string of the molecule is [C-]#[N+]c1c(F)ccc2c1CN(CC)c1ccn3nc(N)c(c3n1)C(=O)OC[C@H](C)N2. The molecule has 3 heterocycles. The van der Waals surface area contributed by atoms with Crippen molar-refractivity contribution in [3.63, 3.8) is 0 Å². The normalized spacial score (nSPS) is 16.7. The predicted molar refractivity (Wildman–Crippen MR) is 110 cm³/mol. The van der Waals surface area contributed by atoms with E-state index in [4.69, 9.17) is 17.0 Å². The molecule has 1 aliphatic heterocycles. The van der Waals surface area contributed by atoms with Crippen molar-refractivity contribution in [2.75, 3.05) is 29.1 Å². The maximum Gasteiger partial charge on any atom is 0.345 e. The fraction of sp³-hybridized carbons (Fsp3) is 0.300. The Kier molecular flexibility index (Phi) is 4.87. The highest BCUT2D eigenvalue weighted by Crippen LogP contribution is 2.33. The van der Waals surface area contributed by atoms with Crippen molar-refractivity contribution >= 4 is 34.6 Å². The average molecular weight is 409 g/mol. The smallest absolute Gasteiger partial charge is 0.345 e. The van der Waals surface area contributed by atoms with Crippen LogP contribution in [0.5, 0.6) is 0 Å². The monoisotopic (exact) mass is 409 g/mol. The molecule has 3 aromatic rings. The van der Waals surface area contributed by atoms with Crippen molar-refractivity contribution in [2.24, 2.45) is 0 Å². The Morgan fingerprint density at radius 2 is 2.23 bits per heavy atom. The van der Waals surface area contributed by atoms with E-state index in [1.807, 2.05) is 18.7 Å². The molecule has 154 valence electrons. The van der Waals surface area contributed by atoms with Gasteiger partial charge >= 0.3 is 5.97 Å². The Balaban J connectivity index is 1.92. The van der Waals surface area contributed by atoms with Gasteiger partial charge in [0.1, 0.15) is 23.8 Å². The van der Waals surface area contributed by atoms with Gasteiger partial charge in [0.25, 0.3) is 0 Å². The van der Waals surface area contributed by atoms with Crippen molar-refractivity contribution in [1.82, 2.24) is 14.6 Å². The Bertz CT molecular complexity index is 1180. The third kappa shape index (κ3) is 3.24. The van der Waals surface area contributed by atoms with Gasteiger partial charge in [0, 0.05) is 30.5 Å². The van der Waals surface area contributed by atoms with Crippen molar-refractivity contribution in [3.05, 3.63) is 52.8 Å². The molecule has 9 nitrogen and oxygen atoms in total. The van der Waals surface area contributed by atoms with Crippen molar-refractivity contribution in [3.8, 4) is 0 Å². The molecule has 3 N–H and O–H groups in total. The van der Waals surface area contributed by atoms with E-state index in [1.165, 1.54) is 10.6 Å². The number of rotatable bonds is 1. The fourth-order valence-electron chi connectivity index (χ4n) is 3.46. The Morgan fingerprint density at radius 1 is 1.43 bits per heavy atom. The van der Waals surface area contributed by atoms with Gasteiger partial charge in [-0.15, -0.1) is 5.10 Å². The summed E-state index contributed by atoms with van der Waals surface area (Å²) in [5, 5.41) is 7.35. The van der Waals surface area contributed by atoms with E-state index in [9.17, 15) is 9.18 Å². The largest absolute Gasteiger partial charge is 0.460 e. The van der Waals surface area contributed by atoms with Crippen LogP contribution in [-0.2, 0) is 11.3 Å². The molecule has 0 radical (unpaired) electrons. The molecule has 1 atom stereocenters. The first-order valence-electron chi connectivity index (χ1n) is 9.45. The zero-order valence-electron chi connectivity index (χ0n) is 16.5. The standard InChI is InChI=1S/C20H20FN7O2/c1-4-27-9-12-14(6-5-13(21)17(12)23-3)24-11(2)10-30-20(29)16-18(22)26-28-8-7-15(27)25-19(16)28/h5-8,11,24H,4,9-10H2,1-2H3,(H2,22,26)/t11-/m0/s1. The number of nitrogens with one attached hydrogen (secondary N) is 1. The lowest BCUT2D eigenvalue weighted by Crippen LogP contribution is -2.26. The number of nitrogens with zero attached hydrogens (tertiary/aromatic N) is 5. The second-order valence-corrected chi connectivity index (χ2v) is 7.01. The van der Waals surface area contributed by atoms with E-state index in [0.717, 1.165) is 0 Å². The highest BCUT2D eigenvalue weighted by atomic mass is 19.1. The molecule has 0 unspecified atom stereocenters. The van der Waals surface area contributed by atoms with Crippen molar-refractivity contribution in [1.29, 1.82) is 0 Å². The Labute approximate surface area is 172 Å². The van der Waals surface area contributed by atoms with Gasteiger partial charge in [0.05, 0.1) is 12.6 Å². The summed E-state index contributed by atoms with van der Waals surface area (Å²) in [7, 11) is 0. The van der Waals surface area contributed by atoms with E-state index in [1.54, 1.807) is 18.3 Å². The molecule has 1 aliphatic rings. The molecule has 1 aromatic carbocycles. The zero-order chi connectivity index (χ0) is 21.4. The van der Waals surface area contributed by atoms with Gasteiger partial charge in [-0.1, -0.05) is 0 Å². The van der Waals surface area contributed by atoms with E-state index in [2.05, 4.69) is 20.2 Å². The van der Waals surface area contributed by atoms with Crippen molar-refractivity contribution < 1.29 is 13.9 Å². The summed E-state index contributed by atoms with van der Waals surface area (Å²) in [4.78, 5) is 22.5. The number of fused-ring (bicyclic) bond motifs is 2. The lowest BCUT2D eigenvalue weighted by molar-refractivity contribution is 0.0497. The summed E-state index contributed by atoms with van der Waals surface area (Å²) in [6, 6.07) is 4.28. The summed E-state index contributed by atoms with van der Waals surface area (Å²) in [5.41, 5.74) is 7.39. The summed E-state index contributed by atoms with van der Waals surface area (Å²) < 4.78 is 21.2. The number of nitrogen functional groups attached to an aromatic ring is 1. The van der Waals surface area contributed by atoms with E-state index in [0.29, 0.717) is 23.6 Å². The molecule has 0 aliphatic carbocycles. The number of nitrogens with two attached hydrogens (primary N) is 1. The number of esters is 1. The molecule has 2 aromatic heterocycles. The van der Waals surface area contributed by atoms with E-state index >= 15 is 0 Å². The molecule has 0 fully saturated rings. The minimum absolute atomic E-state index is 0.0313. The van der Waals surface area contributed by atoms with Gasteiger partial charge in [-0.25, -0.2) is 23.5 Å². The number of anilines is 3. The summed E-state index contributed by atoms with van der Waals surface area (Å²) in [6.45, 7) is 12.0.